The number of thiol groups is 1. The molecule has 2 heteroatoms. The van der Waals surface area contributed by atoms with Gasteiger partial charge in [-0.1, -0.05) is 54.6 Å². The zero-order valence-corrected chi connectivity index (χ0v) is 9.69. The number of benzene rings is 2. The summed E-state index contributed by atoms with van der Waals surface area (Å²) < 4.78 is 0. The Morgan fingerprint density at radius 1 is 0.875 bits per heavy atom. The van der Waals surface area contributed by atoms with Crippen molar-refractivity contribution in [1.29, 1.82) is 0 Å². The van der Waals surface area contributed by atoms with Gasteiger partial charge in [-0.25, -0.2) is 0 Å². The summed E-state index contributed by atoms with van der Waals surface area (Å²) in [6.45, 7) is 0. The zero-order chi connectivity index (χ0) is 11.4. The van der Waals surface area contributed by atoms with Gasteiger partial charge in [-0.05, 0) is 22.1 Å². The molecule has 0 radical (unpaired) electrons. The second-order valence-corrected chi connectivity index (χ2v) is 3.79. The van der Waals surface area contributed by atoms with Crippen LogP contribution in [0.25, 0.3) is 16.8 Å². The van der Waals surface area contributed by atoms with Gasteiger partial charge >= 0.3 is 0 Å². The van der Waals surface area contributed by atoms with E-state index in [4.69, 9.17) is 5.73 Å². The Hall–Kier alpha value is -1.67. The van der Waals surface area contributed by atoms with E-state index in [9.17, 15) is 0 Å². The summed E-state index contributed by atoms with van der Waals surface area (Å²) in [7, 11) is 0. The molecule has 2 N–H and O–H groups in total. The molecule has 0 saturated heterocycles. The first-order valence-corrected chi connectivity index (χ1v) is 5.58. The molecule has 0 amide bonds. The summed E-state index contributed by atoms with van der Waals surface area (Å²) in [6, 6.07) is 18.4. The molecule has 0 aliphatic carbocycles. The Bertz CT molecular complexity index is 486. The molecule has 0 aliphatic heterocycles. The predicted molar refractivity (Wildman–Crippen MR) is 73.0 cm³/mol. The van der Waals surface area contributed by atoms with E-state index in [1.54, 1.807) is 5.41 Å². The van der Waals surface area contributed by atoms with Crippen molar-refractivity contribution in [3.63, 3.8) is 0 Å². The molecule has 0 aliphatic rings. The topological polar surface area (TPSA) is 26.0 Å². The van der Waals surface area contributed by atoms with Crippen molar-refractivity contribution in [3.05, 3.63) is 65.6 Å². The fourth-order valence-electron chi connectivity index (χ4n) is 1.56. The van der Waals surface area contributed by atoms with Crippen LogP contribution in [-0.2, 0) is 0 Å². The highest BCUT2D eigenvalue weighted by Gasteiger charge is 1.98. The second-order valence-electron chi connectivity index (χ2n) is 3.53. The standard InChI is InChI=1S/C14H13NS/c15-14(10-16)13-8-6-12(7-9-13)11-4-2-1-3-5-11/h1-10,16H,15H2/b14-10-. The Morgan fingerprint density at radius 2 is 1.44 bits per heavy atom. The number of rotatable bonds is 2. The monoisotopic (exact) mass is 227 g/mol. The maximum atomic E-state index is 5.77. The first kappa shape index (κ1) is 10.8. The Morgan fingerprint density at radius 3 is 2.00 bits per heavy atom. The molecule has 0 unspecified atom stereocenters. The third-order valence-corrected chi connectivity index (χ3v) is 2.74. The molecule has 2 aromatic rings. The molecule has 0 heterocycles. The molecule has 16 heavy (non-hydrogen) atoms. The summed E-state index contributed by atoms with van der Waals surface area (Å²) in [6.07, 6.45) is 0. The molecule has 0 spiro atoms. The summed E-state index contributed by atoms with van der Waals surface area (Å²) in [4.78, 5) is 0. The van der Waals surface area contributed by atoms with E-state index < -0.39 is 0 Å². The third-order valence-electron chi connectivity index (χ3n) is 2.46. The third kappa shape index (κ3) is 2.28. The molecular weight excluding hydrogens is 214 g/mol. The Kier molecular flexibility index (Phi) is 3.32. The number of hydrogen-bond donors (Lipinski definition) is 2. The van der Waals surface area contributed by atoms with Crippen molar-refractivity contribution in [3.8, 4) is 11.1 Å². The Labute approximate surface area is 101 Å². The van der Waals surface area contributed by atoms with Crippen molar-refractivity contribution < 1.29 is 0 Å². The second kappa shape index (κ2) is 4.90. The van der Waals surface area contributed by atoms with Crippen LogP contribution in [0.4, 0.5) is 0 Å². The molecular formula is C14H13NS. The maximum absolute atomic E-state index is 5.77. The average molecular weight is 227 g/mol. The van der Waals surface area contributed by atoms with Crippen LogP contribution >= 0.6 is 12.6 Å². The lowest BCUT2D eigenvalue weighted by Gasteiger charge is -2.04. The van der Waals surface area contributed by atoms with E-state index in [2.05, 4.69) is 36.9 Å². The summed E-state index contributed by atoms with van der Waals surface area (Å²) in [5.41, 5.74) is 9.85. The largest absolute Gasteiger partial charge is 0.398 e. The summed E-state index contributed by atoms with van der Waals surface area (Å²) in [5.74, 6) is 0. The lowest BCUT2D eigenvalue weighted by Crippen LogP contribution is -1.94. The van der Waals surface area contributed by atoms with Crippen LogP contribution in [0.5, 0.6) is 0 Å². The van der Waals surface area contributed by atoms with E-state index in [0.29, 0.717) is 5.70 Å². The van der Waals surface area contributed by atoms with Gasteiger partial charge < -0.3 is 5.73 Å². The van der Waals surface area contributed by atoms with E-state index in [0.717, 1.165) is 5.56 Å². The van der Waals surface area contributed by atoms with Gasteiger partial charge in [0.2, 0.25) is 0 Å². The van der Waals surface area contributed by atoms with Gasteiger partial charge in [0.15, 0.2) is 0 Å². The molecule has 2 aromatic carbocycles. The minimum atomic E-state index is 0.683. The highest BCUT2D eigenvalue weighted by molar-refractivity contribution is 7.83. The van der Waals surface area contributed by atoms with Gasteiger partial charge in [0.25, 0.3) is 0 Å². The van der Waals surface area contributed by atoms with Crippen molar-refractivity contribution in [2.45, 2.75) is 0 Å². The molecule has 0 saturated carbocycles. The van der Waals surface area contributed by atoms with Crippen molar-refractivity contribution in [2.75, 3.05) is 0 Å². The minimum Gasteiger partial charge on any atom is -0.398 e. The van der Waals surface area contributed by atoms with Crippen molar-refractivity contribution >= 4 is 18.3 Å². The van der Waals surface area contributed by atoms with E-state index >= 15 is 0 Å². The first-order chi connectivity index (χ1) is 7.81. The quantitative estimate of drug-likeness (QED) is 0.754. The van der Waals surface area contributed by atoms with Gasteiger partial charge in [0.05, 0.1) is 0 Å². The van der Waals surface area contributed by atoms with Gasteiger partial charge in [-0.15, -0.1) is 12.6 Å². The van der Waals surface area contributed by atoms with Crippen LogP contribution < -0.4 is 5.73 Å². The molecule has 1 nitrogen and oxygen atoms in total. The predicted octanol–water partition coefficient (Wildman–Crippen LogP) is 3.54. The number of nitrogens with two attached hydrogens (primary N) is 1. The fourth-order valence-corrected chi connectivity index (χ4v) is 1.71. The van der Waals surface area contributed by atoms with Crippen molar-refractivity contribution in [2.24, 2.45) is 5.73 Å². The Balaban J connectivity index is 2.34. The average Bonchev–Trinajstić information content (AvgIpc) is 2.39. The molecule has 80 valence electrons. The smallest absolute Gasteiger partial charge is 0.0449 e. The van der Waals surface area contributed by atoms with Gasteiger partial charge in [0, 0.05) is 5.70 Å². The SMILES string of the molecule is N/C(=C\S)c1ccc(-c2ccccc2)cc1. The van der Waals surface area contributed by atoms with Gasteiger partial charge in [-0.2, -0.15) is 0 Å². The molecule has 0 atom stereocenters. The molecule has 0 aromatic heterocycles. The van der Waals surface area contributed by atoms with E-state index in [-0.39, 0.29) is 0 Å². The summed E-state index contributed by atoms with van der Waals surface area (Å²) >= 11 is 4.04. The van der Waals surface area contributed by atoms with E-state index in [1.807, 2.05) is 30.3 Å². The van der Waals surface area contributed by atoms with Crippen LogP contribution in [0, 0.1) is 0 Å². The van der Waals surface area contributed by atoms with Gasteiger partial charge in [-0.3, -0.25) is 0 Å². The lowest BCUT2D eigenvalue weighted by molar-refractivity contribution is 1.52. The van der Waals surface area contributed by atoms with Gasteiger partial charge in [0.1, 0.15) is 0 Å². The molecule has 0 fully saturated rings. The van der Waals surface area contributed by atoms with Crippen LogP contribution in [0.1, 0.15) is 5.56 Å². The summed E-state index contributed by atoms with van der Waals surface area (Å²) in [5, 5.41) is 1.61. The zero-order valence-electron chi connectivity index (χ0n) is 8.80. The van der Waals surface area contributed by atoms with Crippen LogP contribution in [0.15, 0.2) is 60.0 Å². The highest BCUT2D eigenvalue weighted by atomic mass is 32.1. The van der Waals surface area contributed by atoms with Crippen LogP contribution in [-0.4, -0.2) is 0 Å². The van der Waals surface area contributed by atoms with Crippen LogP contribution in [0.2, 0.25) is 0 Å². The molecule has 2 rings (SSSR count). The normalized spacial score (nSPS) is 11.4. The maximum Gasteiger partial charge on any atom is 0.0449 e. The highest BCUT2D eigenvalue weighted by Crippen LogP contribution is 2.20. The molecule has 0 bridgehead atoms. The van der Waals surface area contributed by atoms with Crippen LogP contribution in [0.3, 0.4) is 0 Å². The minimum absolute atomic E-state index is 0.683. The van der Waals surface area contributed by atoms with E-state index in [1.165, 1.54) is 11.1 Å². The fraction of sp³-hybridized carbons (Fsp3) is 0. The first-order valence-electron chi connectivity index (χ1n) is 5.07. The van der Waals surface area contributed by atoms with Crippen molar-refractivity contribution in [1.82, 2.24) is 0 Å². The number of hydrogen-bond acceptors (Lipinski definition) is 2. The lowest BCUT2D eigenvalue weighted by atomic mass is 10.0.